The smallest absolute Gasteiger partial charge is 0.327 e. The highest BCUT2D eigenvalue weighted by molar-refractivity contribution is 7.80. The van der Waals surface area contributed by atoms with Gasteiger partial charge in [0, 0.05) is 5.75 Å². The van der Waals surface area contributed by atoms with E-state index in [0.717, 1.165) is 0 Å². The average molecular weight is 379 g/mol. The summed E-state index contributed by atoms with van der Waals surface area (Å²) in [5.74, 6) is -5.18. The zero-order chi connectivity index (χ0) is 19.6. The fourth-order valence-corrected chi connectivity index (χ4v) is 1.84. The number of carboxylic acids is 1. The second kappa shape index (κ2) is 11.2. The van der Waals surface area contributed by atoms with Gasteiger partial charge in [-0.15, -0.1) is 0 Å². The molecule has 0 aliphatic rings. The SMILES string of the molecule is NCC(=O)NC(CC(N)=O)C(=O)NC(CO)C(=O)NC(CS)C(=O)O. The zero-order valence-corrected chi connectivity index (χ0v) is 14.0. The quantitative estimate of drug-likeness (QED) is 0.163. The van der Waals surface area contributed by atoms with Crippen molar-refractivity contribution in [1.29, 1.82) is 0 Å². The van der Waals surface area contributed by atoms with Gasteiger partial charge in [0.15, 0.2) is 0 Å². The molecule has 0 aromatic carbocycles. The fraction of sp³-hybridized carbons (Fsp3) is 0.583. The van der Waals surface area contributed by atoms with E-state index in [-0.39, 0.29) is 5.75 Å². The molecule has 0 aromatic heterocycles. The van der Waals surface area contributed by atoms with Crippen LogP contribution >= 0.6 is 12.6 Å². The molecule has 0 heterocycles. The van der Waals surface area contributed by atoms with Crippen molar-refractivity contribution in [2.24, 2.45) is 11.5 Å². The summed E-state index contributed by atoms with van der Waals surface area (Å²) in [5, 5.41) is 24.4. The van der Waals surface area contributed by atoms with E-state index < -0.39 is 67.3 Å². The van der Waals surface area contributed by atoms with Gasteiger partial charge in [-0.1, -0.05) is 0 Å². The van der Waals surface area contributed by atoms with Gasteiger partial charge in [-0.05, 0) is 0 Å². The van der Waals surface area contributed by atoms with Gasteiger partial charge in [-0.2, -0.15) is 12.6 Å². The van der Waals surface area contributed by atoms with Crippen molar-refractivity contribution in [3.8, 4) is 0 Å². The zero-order valence-electron chi connectivity index (χ0n) is 13.1. The number of rotatable bonds is 11. The third-order valence-electron chi connectivity index (χ3n) is 2.86. The van der Waals surface area contributed by atoms with Gasteiger partial charge in [0.05, 0.1) is 19.6 Å². The lowest BCUT2D eigenvalue weighted by atomic mass is 10.1. The summed E-state index contributed by atoms with van der Waals surface area (Å²) < 4.78 is 0. The maximum absolute atomic E-state index is 12.1. The second-order valence-corrected chi connectivity index (χ2v) is 5.19. The molecule has 0 rings (SSSR count). The normalized spacial score (nSPS) is 13.9. The van der Waals surface area contributed by atoms with Crippen LogP contribution in [0, 0.1) is 0 Å². The summed E-state index contributed by atoms with van der Waals surface area (Å²) in [4.78, 5) is 57.2. The van der Waals surface area contributed by atoms with Gasteiger partial charge in [0.25, 0.3) is 0 Å². The van der Waals surface area contributed by atoms with Crippen LogP contribution in [0.25, 0.3) is 0 Å². The maximum Gasteiger partial charge on any atom is 0.327 e. The Balaban J connectivity index is 5.01. The first-order chi connectivity index (χ1) is 11.7. The average Bonchev–Trinajstić information content (AvgIpc) is 2.55. The van der Waals surface area contributed by atoms with Crippen molar-refractivity contribution in [3.63, 3.8) is 0 Å². The van der Waals surface area contributed by atoms with Crippen molar-refractivity contribution < 1.29 is 34.2 Å². The highest BCUT2D eigenvalue weighted by Crippen LogP contribution is 1.96. The van der Waals surface area contributed by atoms with Gasteiger partial charge in [0.2, 0.25) is 23.6 Å². The second-order valence-electron chi connectivity index (χ2n) is 4.82. The molecule has 3 atom stereocenters. The molecule has 9 N–H and O–H groups in total. The fourth-order valence-electron chi connectivity index (χ4n) is 1.59. The Bertz CT molecular complexity index is 530. The monoisotopic (exact) mass is 379 g/mol. The molecule has 0 saturated heterocycles. The van der Waals surface area contributed by atoms with Gasteiger partial charge >= 0.3 is 5.97 Å². The first-order valence-corrected chi connectivity index (χ1v) is 7.62. The predicted octanol–water partition coefficient (Wildman–Crippen LogP) is -4.72. The lowest BCUT2D eigenvalue weighted by Gasteiger charge is -2.22. The molecule has 3 unspecified atom stereocenters. The summed E-state index contributed by atoms with van der Waals surface area (Å²) >= 11 is 3.76. The van der Waals surface area contributed by atoms with Crippen LogP contribution < -0.4 is 27.4 Å². The van der Waals surface area contributed by atoms with E-state index in [2.05, 4.69) is 28.6 Å². The van der Waals surface area contributed by atoms with Gasteiger partial charge in [-0.25, -0.2) is 4.79 Å². The molecule has 12 nitrogen and oxygen atoms in total. The number of primary amides is 1. The van der Waals surface area contributed by atoms with E-state index >= 15 is 0 Å². The summed E-state index contributed by atoms with van der Waals surface area (Å²) in [7, 11) is 0. The number of aliphatic hydroxyl groups is 1. The molecule has 0 radical (unpaired) electrons. The first kappa shape index (κ1) is 22.6. The van der Waals surface area contributed by atoms with Crippen LogP contribution in [0.1, 0.15) is 6.42 Å². The lowest BCUT2D eigenvalue weighted by Crippen LogP contribution is -2.58. The van der Waals surface area contributed by atoms with Crippen LogP contribution in [-0.4, -0.2) is 76.8 Å². The van der Waals surface area contributed by atoms with Gasteiger partial charge in [-0.3, -0.25) is 19.2 Å². The van der Waals surface area contributed by atoms with Crippen LogP contribution in [0.2, 0.25) is 0 Å². The molecule has 0 fully saturated rings. The molecule has 0 bridgehead atoms. The molecule has 13 heteroatoms. The Morgan fingerprint density at radius 3 is 1.88 bits per heavy atom. The van der Waals surface area contributed by atoms with Crippen molar-refractivity contribution in [2.75, 3.05) is 18.9 Å². The van der Waals surface area contributed by atoms with Gasteiger partial charge in [0.1, 0.15) is 18.1 Å². The van der Waals surface area contributed by atoms with E-state index in [0.29, 0.717) is 0 Å². The molecule has 4 amide bonds. The number of nitrogens with one attached hydrogen (secondary N) is 3. The van der Waals surface area contributed by atoms with Crippen molar-refractivity contribution in [1.82, 2.24) is 16.0 Å². The highest BCUT2D eigenvalue weighted by Gasteiger charge is 2.29. The summed E-state index contributed by atoms with van der Waals surface area (Å²) in [6.45, 7) is -1.31. The van der Waals surface area contributed by atoms with Gasteiger partial charge < -0.3 is 37.6 Å². The molecule has 0 aliphatic heterocycles. The minimum atomic E-state index is -1.51. The van der Waals surface area contributed by atoms with Crippen LogP contribution in [0.3, 0.4) is 0 Å². The minimum absolute atomic E-state index is 0.218. The summed E-state index contributed by atoms with van der Waals surface area (Å²) in [6, 6.07) is -4.25. The number of carbonyl (C=O) groups excluding carboxylic acids is 4. The van der Waals surface area contributed by atoms with E-state index in [9.17, 15) is 29.1 Å². The van der Waals surface area contributed by atoms with Crippen molar-refractivity contribution in [2.45, 2.75) is 24.5 Å². The Hall–Kier alpha value is -2.38. The molecule has 0 aliphatic carbocycles. The standard InChI is InChI=1S/C12H21N5O7S/c13-2-9(20)15-5(1-8(14)19)10(21)16-6(3-18)11(22)17-7(4-25)12(23)24/h5-7,18,25H,1-4,13H2,(H2,14,19)(H,15,20)(H,16,21)(H,17,22)(H,23,24). The highest BCUT2D eigenvalue weighted by atomic mass is 32.1. The van der Waals surface area contributed by atoms with Crippen LogP contribution in [-0.2, 0) is 24.0 Å². The Morgan fingerprint density at radius 2 is 1.48 bits per heavy atom. The van der Waals surface area contributed by atoms with E-state index in [4.69, 9.17) is 16.6 Å². The van der Waals surface area contributed by atoms with Crippen LogP contribution in [0.4, 0.5) is 0 Å². The largest absolute Gasteiger partial charge is 0.480 e. The maximum atomic E-state index is 12.1. The number of nitrogens with two attached hydrogens (primary N) is 2. The van der Waals surface area contributed by atoms with Crippen molar-refractivity contribution in [3.05, 3.63) is 0 Å². The molecule has 0 aromatic rings. The van der Waals surface area contributed by atoms with Crippen molar-refractivity contribution >= 4 is 42.2 Å². The van der Waals surface area contributed by atoms with Crippen LogP contribution in [0.5, 0.6) is 0 Å². The molecular formula is C12H21N5O7S. The minimum Gasteiger partial charge on any atom is -0.480 e. The number of carbonyl (C=O) groups is 5. The van der Waals surface area contributed by atoms with E-state index in [1.54, 1.807) is 0 Å². The summed E-state index contributed by atoms with van der Waals surface area (Å²) in [6.07, 6.45) is -0.564. The molecule has 0 saturated carbocycles. The van der Waals surface area contributed by atoms with E-state index in [1.165, 1.54) is 0 Å². The number of hydrogen-bond acceptors (Lipinski definition) is 8. The Kier molecular flexibility index (Phi) is 10.2. The molecule has 25 heavy (non-hydrogen) atoms. The van der Waals surface area contributed by atoms with Crippen LogP contribution in [0.15, 0.2) is 0 Å². The third kappa shape index (κ3) is 8.32. The number of aliphatic carboxylic acids is 1. The third-order valence-corrected chi connectivity index (χ3v) is 3.22. The van der Waals surface area contributed by atoms with E-state index in [1.807, 2.05) is 0 Å². The molecule has 0 spiro atoms. The Labute approximate surface area is 148 Å². The lowest BCUT2D eigenvalue weighted by molar-refractivity contribution is -0.142. The Morgan fingerprint density at radius 1 is 0.960 bits per heavy atom. The summed E-state index contributed by atoms with van der Waals surface area (Å²) in [5.41, 5.74) is 10.1. The number of thiol groups is 1. The number of hydrogen-bond donors (Lipinski definition) is 8. The molecular weight excluding hydrogens is 358 g/mol. The predicted molar refractivity (Wildman–Crippen MR) is 87.2 cm³/mol. The number of aliphatic hydroxyl groups excluding tert-OH is 1. The topological polar surface area (TPSA) is 214 Å². The number of carboxylic acid groups (broad SMARTS) is 1. The molecule has 142 valence electrons. The number of amides is 4. The first-order valence-electron chi connectivity index (χ1n) is 6.99.